The van der Waals surface area contributed by atoms with Crippen LogP contribution < -0.4 is 5.73 Å². The highest BCUT2D eigenvalue weighted by Gasteiger charge is 2.34. The van der Waals surface area contributed by atoms with Gasteiger partial charge in [-0.05, 0) is 48.8 Å². The molecule has 1 nitrogen and oxygen atoms in total. The number of hydrogen-bond donors (Lipinski definition) is 1. The lowest BCUT2D eigenvalue weighted by Crippen LogP contribution is -2.36. The molecular formula is C15H21F2N. The van der Waals surface area contributed by atoms with Gasteiger partial charge in [0, 0.05) is 11.6 Å². The van der Waals surface area contributed by atoms with Gasteiger partial charge < -0.3 is 5.73 Å². The van der Waals surface area contributed by atoms with Gasteiger partial charge in [0.05, 0.1) is 0 Å². The topological polar surface area (TPSA) is 26.0 Å². The quantitative estimate of drug-likeness (QED) is 0.749. The number of halogens is 2. The molecule has 0 saturated heterocycles. The van der Waals surface area contributed by atoms with E-state index >= 15 is 0 Å². The molecule has 1 fully saturated rings. The molecule has 0 spiro atoms. The molecule has 1 aliphatic carbocycles. The molecule has 0 radical (unpaired) electrons. The van der Waals surface area contributed by atoms with E-state index in [0.29, 0.717) is 5.56 Å². The maximum Gasteiger partial charge on any atom is 0.126 e. The Morgan fingerprint density at radius 1 is 0.944 bits per heavy atom. The summed E-state index contributed by atoms with van der Waals surface area (Å²) in [6, 6.07) is 3.65. The Labute approximate surface area is 107 Å². The van der Waals surface area contributed by atoms with Gasteiger partial charge in [0.15, 0.2) is 0 Å². The molecule has 1 unspecified atom stereocenters. The SMILES string of the molecule is CC1(C)CCCC(N)(c2cc(F)cc(F)c2)CC1. The van der Waals surface area contributed by atoms with Crippen molar-refractivity contribution in [3.05, 3.63) is 35.4 Å². The summed E-state index contributed by atoms with van der Waals surface area (Å²) in [6.07, 6.45) is 4.68. The van der Waals surface area contributed by atoms with Crippen molar-refractivity contribution in [2.24, 2.45) is 11.1 Å². The van der Waals surface area contributed by atoms with Gasteiger partial charge in [0.1, 0.15) is 11.6 Å². The second kappa shape index (κ2) is 4.61. The molecule has 2 N–H and O–H groups in total. The highest BCUT2D eigenvalue weighted by Crippen LogP contribution is 2.41. The standard InChI is InChI=1S/C15H21F2N/c1-14(2)4-3-5-15(18,7-6-14)11-8-12(16)10-13(17)9-11/h8-10H,3-7,18H2,1-2H3. The summed E-state index contributed by atoms with van der Waals surface area (Å²) in [7, 11) is 0. The van der Waals surface area contributed by atoms with Crippen molar-refractivity contribution in [3.63, 3.8) is 0 Å². The van der Waals surface area contributed by atoms with Crippen LogP contribution in [0, 0.1) is 17.0 Å². The zero-order valence-corrected chi connectivity index (χ0v) is 11.1. The lowest BCUT2D eigenvalue weighted by Gasteiger charge is -2.30. The summed E-state index contributed by atoms with van der Waals surface area (Å²) in [5.41, 5.74) is 6.69. The molecule has 1 saturated carbocycles. The minimum atomic E-state index is -0.587. The van der Waals surface area contributed by atoms with Crippen LogP contribution in [0.3, 0.4) is 0 Å². The van der Waals surface area contributed by atoms with Crippen LogP contribution >= 0.6 is 0 Å². The first-order valence-electron chi connectivity index (χ1n) is 6.56. The van der Waals surface area contributed by atoms with Crippen LogP contribution in [0.1, 0.15) is 51.5 Å². The molecule has 18 heavy (non-hydrogen) atoms. The third-order valence-electron chi connectivity index (χ3n) is 4.16. The van der Waals surface area contributed by atoms with E-state index < -0.39 is 17.2 Å². The Hall–Kier alpha value is -0.960. The maximum absolute atomic E-state index is 13.3. The van der Waals surface area contributed by atoms with E-state index in [2.05, 4.69) is 13.8 Å². The molecule has 0 bridgehead atoms. The highest BCUT2D eigenvalue weighted by molar-refractivity contribution is 5.26. The first-order chi connectivity index (χ1) is 8.31. The minimum Gasteiger partial charge on any atom is -0.321 e. The molecule has 3 heteroatoms. The summed E-state index contributed by atoms with van der Waals surface area (Å²) in [5.74, 6) is -1.09. The summed E-state index contributed by atoms with van der Waals surface area (Å²) >= 11 is 0. The molecule has 100 valence electrons. The molecule has 0 aliphatic heterocycles. The van der Waals surface area contributed by atoms with Gasteiger partial charge in [-0.25, -0.2) is 8.78 Å². The zero-order chi connectivity index (χ0) is 13.4. The van der Waals surface area contributed by atoms with Crippen LogP contribution in [0.25, 0.3) is 0 Å². The van der Waals surface area contributed by atoms with Crippen molar-refractivity contribution < 1.29 is 8.78 Å². The smallest absolute Gasteiger partial charge is 0.126 e. The van der Waals surface area contributed by atoms with Crippen molar-refractivity contribution in [2.75, 3.05) is 0 Å². The molecule has 0 aromatic heterocycles. The number of hydrogen-bond acceptors (Lipinski definition) is 1. The molecule has 0 amide bonds. The number of benzene rings is 1. The van der Waals surface area contributed by atoms with E-state index in [9.17, 15) is 8.78 Å². The second-order valence-corrected chi connectivity index (χ2v) is 6.33. The van der Waals surface area contributed by atoms with Crippen molar-refractivity contribution in [1.29, 1.82) is 0 Å². The third-order valence-corrected chi connectivity index (χ3v) is 4.16. The molecule has 0 heterocycles. The van der Waals surface area contributed by atoms with E-state index in [1.165, 1.54) is 12.1 Å². The fourth-order valence-electron chi connectivity index (χ4n) is 2.82. The fraction of sp³-hybridized carbons (Fsp3) is 0.600. The molecule has 1 aromatic carbocycles. The first kappa shape index (κ1) is 13.5. The number of nitrogens with two attached hydrogens (primary N) is 1. The predicted octanol–water partition coefficient (Wildman–Crippen LogP) is 4.11. The zero-order valence-electron chi connectivity index (χ0n) is 11.1. The van der Waals surface area contributed by atoms with Gasteiger partial charge in [0.25, 0.3) is 0 Å². The lowest BCUT2D eigenvalue weighted by molar-refractivity contribution is 0.298. The van der Waals surface area contributed by atoms with Crippen LogP contribution in [-0.4, -0.2) is 0 Å². The van der Waals surface area contributed by atoms with Crippen LogP contribution in [-0.2, 0) is 5.54 Å². The fourth-order valence-corrected chi connectivity index (χ4v) is 2.82. The van der Waals surface area contributed by atoms with Gasteiger partial charge in [-0.15, -0.1) is 0 Å². The second-order valence-electron chi connectivity index (χ2n) is 6.33. The van der Waals surface area contributed by atoms with Crippen LogP contribution in [0.15, 0.2) is 18.2 Å². The van der Waals surface area contributed by atoms with Gasteiger partial charge >= 0.3 is 0 Å². The average molecular weight is 253 g/mol. The van der Waals surface area contributed by atoms with Crippen molar-refractivity contribution in [1.82, 2.24) is 0 Å². The Kier molecular flexibility index (Phi) is 3.45. The lowest BCUT2D eigenvalue weighted by atomic mass is 9.81. The Morgan fingerprint density at radius 2 is 1.56 bits per heavy atom. The van der Waals surface area contributed by atoms with E-state index in [0.717, 1.165) is 38.2 Å². The summed E-state index contributed by atoms with van der Waals surface area (Å²) < 4.78 is 26.6. The summed E-state index contributed by atoms with van der Waals surface area (Å²) in [4.78, 5) is 0. The van der Waals surface area contributed by atoms with Gasteiger partial charge in [-0.1, -0.05) is 20.3 Å². The summed E-state index contributed by atoms with van der Waals surface area (Å²) in [5, 5.41) is 0. The van der Waals surface area contributed by atoms with Gasteiger partial charge in [-0.2, -0.15) is 0 Å². The Bertz CT molecular complexity index is 422. The first-order valence-corrected chi connectivity index (χ1v) is 6.56. The monoisotopic (exact) mass is 253 g/mol. The van der Waals surface area contributed by atoms with Crippen molar-refractivity contribution in [2.45, 2.75) is 51.5 Å². The predicted molar refractivity (Wildman–Crippen MR) is 69.1 cm³/mol. The van der Waals surface area contributed by atoms with Gasteiger partial charge in [-0.3, -0.25) is 0 Å². The van der Waals surface area contributed by atoms with Gasteiger partial charge in [0.2, 0.25) is 0 Å². The van der Waals surface area contributed by atoms with E-state index in [1.54, 1.807) is 0 Å². The summed E-state index contributed by atoms with van der Waals surface area (Å²) in [6.45, 7) is 4.45. The highest BCUT2D eigenvalue weighted by atomic mass is 19.1. The van der Waals surface area contributed by atoms with Crippen molar-refractivity contribution in [3.8, 4) is 0 Å². The van der Waals surface area contributed by atoms with Crippen molar-refractivity contribution >= 4 is 0 Å². The molecular weight excluding hydrogens is 232 g/mol. The molecule has 1 atom stereocenters. The third kappa shape index (κ3) is 2.89. The van der Waals surface area contributed by atoms with E-state index in [4.69, 9.17) is 5.73 Å². The van der Waals surface area contributed by atoms with Crippen LogP contribution in [0.4, 0.5) is 8.78 Å². The van der Waals surface area contributed by atoms with E-state index in [-0.39, 0.29) is 5.41 Å². The number of rotatable bonds is 1. The minimum absolute atomic E-state index is 0.271. The van der Waals surface area contributed by atoms with Crippen LogP contribution in [0.5, 0.6) is 0 Å². The maximum atomic E-state index is 13.3. The Balaban J connectivity index is 2.30. The van der Waals surface area contributed by atoms with E-state index in [1.807, 2.05) is 0 Å². The normalized spacial score (nSPS) is 27.8. The molecule has 1 aromatic rings. The average Bonchev–Trinajstić information content (AvgIpc) is 2.38. The van der Waals surface area contributed by atoms with Crippen LogP contribution in [0.2, 0.25) is 0 Å². The molecule has 1 aliphatic rings. The molecule has 2 rings (SSSR count). The Morgan fingerprint density at radius 3 is 2.17 bits per heavy atom. The largest absolute Gasteiger partial charge is 0.321 e.